The van der Waals surface area contributed by atoms with Crippen molar-refractivity contribution in [2.45, 2.75) is 45.3 Å². The van der Waals surface area contributed by atoms with Crippen LogP contribution in [0.1, 0.15) is 33.6 Å². The van der Waals surface area contributed by atoms with Crippen molar-refractivity contribution in [3.8, 4) is 0 Å². The van der Waals surface area contributed by atoms with E-state index >= 15 is 0 Å². The van der Waals surface area contributed by atoms with Gasteiger partial charge in [0.1, 0.15) is 0 Å². The molecule has 0 aliphatic heterocycles. The van der Waals surface area contributed by atoms with E-state index in [-0.39, 0.29) is 13.0 Å². The van der Waals surface area contributed by atoms with Crippen LogP contribution < -0.4 is 0 Å². The molecule has 2 atom stereocenters. The van der Waals surface area contributed by atoms with Gasteiger partial charge in [-0.3, -0.25) is 0 Å². The minimum atomic E-state index is -0.865. The van der Waals surface area contributed by atoms with E-state index in [9.17, 15) is 5.11 Å². The Morgan fingerprint density at radius 2 is 1.75 bits per heavy atom. The number of aliphatic hydroxyl groups is 3. The normalized spacial score (nSPS) is 19.2. The largest absolute Gasteiger partial charge is 0.394 e. The third-order valence-electron chi connectivity index (χ3n) is 1.73. The first kappa shape index (κ1) is 11.9. The van der Waals surface area contributed by atoms with Crippen molar-refractivity contribution in [3.05, 3.63) is 0 Å². The monoisotopic (exact) mass is 176 g/mol. The number of rotatable bonds is 5. The van der Waals surface area contributed by atoms with Gasteiger partial charge in [0, 0.05) is 6.42 Å². The lowest BCUT2D eigenvalue weighted by Crippen LogP contribution is -2.32. The minimum absolute atomic E-state index is 0.238. The first-order valence-electron chi connectivity index (χ1n) is 4.38. The van der Waals surface area contributed by atoms with Crippen LogP contribution in [0.5, 0.6) is 0 Å². The second-order valence-corrected chi connectivity index (χ2v) is 4.14. The predicted molar refractivity (Wildman–Crippen MR) is 47.8 cm³/mol. The average molecular weight is 176 g/mol. The summed E-state index contributed by atoms with van der Waals surface area (Å²) in [5, 5.41) is 27.4. The molecule has 74 valence electrons. The SMILES string of the molecule is CC(C)CC(C)(O)CC(O)CO. The maximum Gasteiger partial charge on any atom is 0.0798 e. The molecule has 0 aliphatic rings. The molecule has 3 N–H and O–H groups in total. The Balaban J connectivity index is 3.85. The fraction of sp³-hybridized carbons (Fsp3) is 1.00. The number of hydrogen-bond donors (Lipinski definition) is 3. The average Bonchev–Trinajstić information content (AvgIpc) is 1.83. The molecular formula is C9H20O3. The highest BCUT2D eigenvalue weighted by molar-refractivity contribution is 4.77. The second-order valence-electron chi connectivity index (χ2n) is 4.14. The lowest BCUT2D eigenvalue weighted by molar-refractivity contribution is -0.0261. The zero-order chi connectivity index (χ0) is 9.78. The summed E-state index contributed by atoms with van der Waals surface area (Å²) in [6.07, 6.45) is 0.0740. The van der Waals surface area contributed by atoms with Crippen molar-refractivity contribution in [1.29, 1.82) is 0 Å². The Labute approximate surface area is 74.0 Å². The Kier molecular flexibility index (Phi) is 4.75. The molecule has 0 saturated carbocycles. The molecule has 0 radical (unpaired) electrons. The molecular weight excluding hydrogens is 156 g/mol. The van der Waals surface area contributed by atoms with Crippen molar-refractivity contribution >= 4 is 0 Å². The van der Waals surface area contributed by atoms with Gasteiger partial charge in [-0.05, 0) is 19.3 Å². The molecule has 0 heterocycles. The van der Waals surface area contributed by atoms with Crippen LogP contribution in [0.4, 0.5) is 0 Å². The molecule has 0 bridgehead atoms. The Hall–Kier alpha value is -0.120. The molecule has 2 unspecified atom stereocenters. The molecule has 12 heavy (non-hydrogen) atoms. The van der Waals surface area contributed by atoms with Crippen LogP contribution in [0, 0.1) is 5.92 Å². The Morgan fingerprint density at radius 3 is 2.08 bits per heavy atom. The van der Waals surface area contributed by atoms with Gasteiger partial charge in [-0.2, -0.15) is 0 Å². The van der Waals surface area contributed by atoms with Gasteiger partial charge in [0.15, 0.2) is 0 Å². The van der Waals surface area contributed by atoms with E-state index < -0.39 is 11.7 Å². The fourth-order valence-electron chi connectivity index (χ4n) is 1.53. The van der Waals surface area contributed by atoms with Crippen LogP contribution in [-0.4, -0.2) is 33.6 Å². The fourth-order valence-corrected chi connectivity index (χ4v) is 1.53. The van der Waals surface area contributed by atoms with Crippen molar-refractivity contribution in [2.75, 3.05) is 6.61 Å². The van der Waals surface area contributed by atoms with Crippen LogP contribution >= 0.6 is 0 Å². The minimum Gasteiger partial charge on any atom is -0.394 e. The summed E-state index contributed by atoms with van der Waals surface area (Å²) in [7, 11) is 0. The molecule has 0 aromatic carbocycles. The van der Waals surface area contributed by atoms with Gasteiger partial charge in [0.25, 0.3) is 0 Å². The number of hydrogen-bond acceptors (Lipinski definition) is 3. The predicted octanol–water partition coefficient (Wildman–Crippen LogP) is 0.527. The molecule has 0 amide bonds. The second kappa shape index (κ2) is 4.80. The molecule has 0 aromatic heterocycles. The van der Waals surface area contributed by atoms with Crippen molar-refractivity contribution in [2.24, 2.45) is 5.92 Å². The van der Waals surface area contributed by atoms with Gasteiger partial charge < -0.3 is 15.3 Å². The molecule has 0 spiro atoms. The standard InChI is InChI=1S/C9H20O3/c1-7(2)4-9(3,12)5-8(11)6-10/h7-8,10-12H,4-6H2,1-3H3. The molecule has 0 rings (SSSR count). The first-order valence-corrected chi connectivity index (χ1v) is 4.38. The van der Waals surface area contributed by atoms with Crippen molar-refractivity contribution in [3.63, 3.8) is 0 Å². The number of aliphatic hydroxyl groups excluding tert-OH is 2. The smallest absolute Gasteiger partial charge is 0.0798 e. The highest BCUT2D eigenvalue weighted by Crippen LogP contribution is 2.21. The van der Waals surface area contributed by atoms with E-state index in [0.717, 1.165) is 0 Å². The lowest BCUT2D eigenvalue weighted by Gasteiger charge is -2.27. The van der Waals surface area contributed by atoms with Crippen LogP contribution in [-0.2, 0) is 0 Å². The van der Waals surface area contributed by atoms with Crippen LogP contribution in [0.3, 0.4) is 0 Å². The maximum atomic E-state index is 9.72. The van der Waals surface area contributed by atoms with Crippen molar-refractivity contribution < 1.29 is 15.3 Å². The van der Waals surface area contributed by atoms with Gasteiger partial charge in [0.05, 0.1) is 18.3 Å². The van der Waals surface area contributed by atoms with Gasteiger partial charge in [-0.1, -0.05) is 13.8 Å². The van der Waals surface area contributed by atoms with E-state index in [1.54, 1.807) is 6.92 Å². The van der Waals surface area contributed by atoms with E-state index in [0.29, 0.717) is 12.3 Å². The summed E-state index contributed by atoms with van der Waals surface area (Å²) in [5.74, 6) is 0.394. The molecule has 0 aromatic rings. The molecule has 3 heteroatoms. The molecule has 0 saturated heterocycles. The van der Waals surface area contributed by atoms with E-state index in [4.69, 9.17) is 10.2 Å². The van der Waals surface area contributed by atoms with E-state index in [2.05, 4.69) is 0 Å². The van der Waals surface area contributed by atoms with Gasteiger partial charge in [-0.25, -0.2) is 0 Å². The lowest BCUT2D eigenvalue weighted by atomic mass is 9.89. The topological polar surface area (TPSA) is 60.7 Å². The van der Waals surface area contributed by atoms with E-state index in [1.807, 2.05) is 13.8 Å². The van der Waals surface area contributed by atoms with Crippen LogP contribution in [0.15, 0.2) is 0 Å². The summed E-state index contributed by atoms with van der Waals surface area (Å²) in [6, 6.07) is 0. The zero-order valence-electron chi connectivity index (χ0n) is 8.12. The summed E-state index contributed by atoms with van der Waals surface area (Å²) in [5.41, 5.74) is -0.865. The highest BCUT2D eigenvalue weighted by Gasteiger charge is 2.24. The Morgan fingerprint density at radius 1 is 1.25 bits per heavy atom. The van der Waals surface area contributed by atoms with Gasteiger partial charge >= 0.3 is 0 Å². The third kappa shape index (κ3) is 5.52. The maximum absolute atomic E-state index is 9.72. The van der Waals surface area contributed by atoms with Crippen molar-refractivity contribution in [1.82, 2.24) is 0 Å². The highest BCUT2D eigenvalue weighted by atomic mass is 16.3. The third-order valence-corrected chi connectivity index (χ3v) is 1.73. The molecule has 0 fully saturated rings. The van der Waals surface area contributed by atoms with Gasteiger partial charge in [0.2, 0.25) is 0 Å². The quantitative estimate of drug-likeness (QED) is 0.572. The summed E-state index contributed by atoms with van der Waals surface area (Å²) < 4.78 is 0. The summed E-state index contributed by atoms with van der Waals surface area (Å²) in [4.78, 5) is 0. The molecule has 0 aliphatic carbocycles. The Bertz CT molecular complexity index is 121. The zero-order valence-corrected chi connectivity index (χ0v) is 8.12. The van der Waals surface area contributed by atoms with Crippen LogP contribution in [0.25, 0.3) is 0 Å². The molecule has 3 nitrogen and oxygen atoms in total. The summed E-state index contributed by atoms with van der Waals surface area (Å²) >= 11 is 0. The summed E-state index contributed by atoms with van der Waals surface area (Å²) in [6.45, 7) is 5.43. The van der Waals surface area contributed by atoms with Crippen LogP contribution in [0.2, 0.25) is 0 Å². The first-order chi connectivity index (χ1) is 5.37. The van der Waals surface area contributed by atoms with Gasteiger partial charge in [-0.15, -0.1) is 0 Å². The van der Waals surface area contributed by atoms with E-state index in [1.165, 1.54) is 0 Å².